The van der Waals surface area contributed by atoms with Crippen molar-refractivity contribution in [3.8, 4) is 0 Å². The molecule has 0 aliphatic carbocycles. The number of ether oxygens (including phenoxy) is 1. The van der Waals surface area contributed by atoms with E-state index in [0.717, 1.165) is 35.1 Å². The van der Waals surface area contributed by atoms with Crippen LogP contribution >= 0.6 is 22.9 Å². The largest absolute Gasteiger partial charge is 0.376 e. The van der Waals surface area contributed by atoms with Crippen LogP contribution in [-0.2, 0) is 4.74 Å². The van der Waals surface area contributed by atoms with Gasteiger partial charge in [0.1, 0.15) is 4.88 Å². The van der Waals surface area contributed by atoms with E-state index in [4.69, 9.17) is 16.3 Å². The molecule has 1 aliphatic rings. The fraction of sp³-hybridized carbons (Fsp3) is 0.273. The van der Waals surface area contributed by atoms with Gasteiger partial charge in [-0.2, -0.15) is 0 Å². The van der Waals surface area contributed by atoms with Gasteiger partial charge in [-0.25, -0.2) is 0 Å². The molecule has 3 aromatic rings. The standard InChI is InChI=1S/C22H21ClN2O3S/c1-13-6-4-10-17-18(13)19(23)20(29-17)22(27)25-16-9-3-2-8-15(16)21(26)24-12-14-7-5-11-28-14/h2-4,6,8-10,14H,5,7,11-12H2,1H3,(H,24,26)(H,25,27). The summed E-state index contributed by atoms with van der Waals surface area (Å²) in [5.74, 6) is -0.565. The average molecular weight is 429 g/mol. The van der Waals surface area contributed by atoms with Crippen LogP contribution in [0.5, 0.6) is 0 Å². The van der Waals surface area contributed by atoms with Crippen LogP contribution in [0.25, 0.3) is 10.1 Å². The maximum absolute atomic E-state index is 12.9. The topological polar surface area (TPSA) is 67.4 Å². The number of para-hydroxylation sites is 1. The summed E-state index contributed by atoms with van der Waals surface area (Å²) in [6.45, 7) is 3.17. The van der Waals surface area contributed by atoms with Crippen LogP contribution in [-0.4, -0.2) is 31.1 Å². The Morgan fingerprint density at radius 2 is 2.00 bits per heavy atom. The van der Waals surface area contributed by atoms with Gasteiger partial charge >= 0.3 is 0 Å². The van der Waals surface area contributed by atoms with Crippen molar-refractivity contribution in [2.75, 3.05) is 18.5 Å². The first-order chi connectivity index (χ1) is 14.0. The first-order valence-electron chi connectivity index (χ1n) is 9.52. The van der Waals surface area contributed by atoms with Crippen molar-refractivity contribution in [2.45, 2.75) is 25.9 Å². The second-order valence-electron chi connectivity index (χ2n) is 7.04. The predicted octanol–water partition coefficient (Wildman–Crippen LogP) is 5.02. The molecule has 2 amide bonds. The third kappa shape index (κ3) is 4.15. The fourth-order valence-electron chi connectivity index (χ4n) is 3.50. The Bertz CT molecular complexity index is 1070. The lowest BCUT2D eigenvalue weighted by molar-refractivity contribution is 0.0858. The number of fused-ring (bicyclic) bond motifs is 1. The van der Waals surface area contributed by atoms with Gasteiger partial charge in [0.05, 0.1) is 22.4 Å². The molecule has 4 rings (SSSR count). The van der Waals surface area contributed by atoms with Crippen LogP contribution in [0.2, 0.25) is 5.02 Å². The lowest BCUT2D eigenvalue weighted by Crippen LogP contribution is -2.32. The molecule has 0 bridgehead atoms. The minimum absolute atomic E-state index is 0.0568. The molecule has 1 atom stereocenters. The van der Waals surface area contributed by atoms with E-state index in [9.17, 15) is 9.59 Å². The average Bonchev–Trinajstić information content (AvgIpc) is 3.35. The molecule has 1 unspecified atom stereocenters. The van der Waals surface area contributed by atoms with Crippen LogP contribution in [0.4, 0.5) is 5.69 Å². The van der Waals surface area contributed by atoms with Crippen LogP contribution in [0.15, 0.2) is 42.5 Å². The molecule has 7 heteroatoms. The summed E-state index contributed by atoms with van der Waals surface area (Å²) in [5.41, 5.74) is 1.89. The molecule has 5 nitrogen and oxygen atoms in total. The molecule has 2 N–H and O–H groups in total. The van der Waals surface area contributed by atoms with Crippen molar-refractivity contribution in [3.63, 3.8) is 0 Å². The first-order valence-corrected chi connectivity index (χ1v) is 10.7. The van der Waals surface area contributed by atoms with E-state index < -0.39 is 0 Å². The predicted molar refractivity (Wildman–Crippen MR) is 117 cm³/mol. The zero-order valence-corrected chi connectivity index (χ0v) is 17.5. The van der Waals surface area contributed by atoms with Crippen molar-refractivity contribution in [3.05, 3.63) is 63.5 Å². The number of thiophene rings is 1. The van der Waals surface area contributed by atoms with Gasteiger partial charge in [0.25, 0.3) is 11.8 Å². The molecule has 0 spiro atoms. The molecule has 1 saturated heterocycles. The van der Waals surface area contributed by atoms with Gasteiger partial charge in [0.2, 0.25) is 0 Å². The molecule has 150 valence electrons. The summed E-state index contributed by atoms with van der Waals surface area (Å²) in [5, 5.41) is 7.09. The number of amides is 2. The summed E-state index contributed by atoms with van der Waals surface area (Å²) in [4.78, 5) is 26.0. The minimum atomic E-state index is -0.324. The van der Waals surface area contributed by atoms with E-state index in [1.54, 1.807) is 24.3 Å². The second-order valence-corrected chi connectivity index (χ2v) is 8.47. The van der Waals surface area contributed by atoms with E-state index in [0.29, 0.717) is 27.7 Å². The summed E-state index contributed by atoms with van der Waals surface area (Å²) < 4.78 is 6.51. The number of nitrogens with one attached hydrogen (secondary N) is 2. The van der Waals surface area contributed by atoms with Gasteiger partial charge in [-0.3, -0.25) is 9.59 Å². The number of carbonyl (C=O) groups excluding carboxylic acids is 2. The third-order valence-corrected chi connectivity index (χ3v) is 6.65. The van der Waals surface area contributed by atoms with Crippen LogP contribution < -0.4 is 10.6 Å². The SMILES string of the molecule is Cc1cccc2sc(C(=O)Nc3ccccc3C(=O)NCC3CCCO3)c(Cl)c12. The van der Waals surface area contributed by atoms with Gasteiger partial charge in [-0.05, 0) is 43.5 Å². The molecule has 0 saturated carbocycles. The highest BCUT2D eigenvalue weighted by atomic mass is 35.5. The highest BCUT2D eigenvalue weighted by Gasteiger charge is 2.21. The zero-order chi connectivity index (χ0) is 20.4. The molecular weight excluding hydrogens is 408 g/mol. The molecule has 1 aliphatic heterocycles. The summed E-state index contributed by atoms with van der Waals surface area (Å²) in [6, 6.07) is 12.8. The van der Waals surface area contributed by atoms with E-state index in [-0.39, 0.29) is 17.9 Å². The highest BCUT2D eigenvalue weighted by molar-refractivity contribution is 7.21. The Labute approximate surface area is 178 Å². The number of halogens is 1. The van der Waals surface area contributed by atoms with E-state index >= 15 is 0 Å². The van der Waals surface area contributed by atoms with Gasteiger partial charge < -0.3 is 15.4 Å². The third-order valence-electron chi connectivity index (χ3n) is 5.01. The quantitative estimate of drug-likeness (QED) is 0.599. The van der Waals surface area contributed by atoms with Gasteiger partial charge in [-0.1, -0.05) is 35.9 Å². The summed E-state index contributed by atoms with van der Waals surface area (Å²) >= 11 is 7.85. The normalized spacial score (nSPS) is 16.1. The van der Waals surface area contributed by atoms with Crippen LogP contribution in [0.1, 0.15) is 38.4 Å². The number of hydrogen-bond acceptors (Lipinski definition) is 4. The van der Waals surface area contributed by atoms with Gasteiger partial charge in [-0.15, -0.1) is 11.3 Å². The number of hydrogen-bond donors (Lipinski definition) is 2. The number of rotatable bonds is 5. The Morgan fingerprint density at radius 1 is 1.17 bits per heavy atom. The second kappa shape index (κ2) is 8.53. The molecule has 0 radical (unpaired) electrons. The first kappa shape index (κ1) is 19.9. The molecular formula is C22H21ClN2O3S. The molecule has 1 fully saturated rings. The highest BCUT2D eigenvalue weighted by Crippen LogP contribution is 2.37. The number of carbonyl (C=O) groups is 2. The lowest BCUT2D eigenvalue weighted by Gasteiger charge is -2.13. The fourth-order valence-corrected chi connectivity index (χ4v) is 5.07. The monoisotopic (exact) mass is 428 g/mol. The van der Waals surface area contributed by atoms with Crippen LogP contribution in [0.3, 0.4) is 0 Å². The summed E-state index contributed by atoms with van der Waals surface area (Å²) in [6.07, 6.45) is 2.02. The number of aryl methyl sites for hydroxylation is 1. The van der Waals surface area contributed by atoms with E-state index in [2.05, 4.69) is 10.6 Å². The van der Waals surface area contributed by atoms with Gasteiger partial charge in [0.15, 0.2) is 0 Å². The lowest BCUT2D eigenvalue weighted by atomic mass is 10.1. The molecule has 29 heavy (non-hydrogen) atoms. The minimum Gasteiger partial charge on any atom is -0.376 e. The number of benzene rings is 2. The molecule has 1 aromatic heterocycles. The maximum Gasteiger partial charge on any atom is 0.267 e. The van der Waals surface area contributed by atoms with Crippen LogP contribution in [0, 0.1) is 6.92 Å². The Morgan fingerprint density at radius 3 is 2.76 bits per heavy atom. The smallest absolute Gasteiger partial charge is 0.267 e. The van der Waals surface area contributed by atoms with Crippen molar-refractivity contribution in [2.24, 2.45) is 0 Å². The van der Waals surface area contributed by atoms with Crippen molar-refractivity contribution in [1.29, 1.82) is 0 Å². The van der Waals surface area contributed by atoms with E-state index in [1.165, 1.54) is 11.3 Å². The number of anilines is 1. The Kier molecular flexibility index (Phi) is 5.85. The Balaban J connectivity index is 1.54. The van der Waals surface area contributed by atoms with Crippen molar-refractivity contribution < 1.29 is 14.3 Å². The van der Waals surface area contributed by atoms with Crippen molar-refractivity contribution in [1.82, 2.24) is 5.32 Å². The molecule has 2 aromatic carbocycles. The maximum atomic E-state index is 12.9. The van der Waals surface area contributed by atoms with Gasteiger partial charge in [0, 0.05) is 23.2 Å². The van der Waals surface area contributed by atoms with E-state index in [1.807, 2.05) is 25.1 Å². The summed E-state index contributed by atoms with van der Waals surface area (Å²) in [7, 11) is 0. The Hall–Kier alpha value is -2.41. The van der Waals surface area contributed by atoms with Crippen molar-refractivity contribution >= 4 is 50.5 Å². The molecule has 2 heterocycles. The zero-order valence-electron chi connectivity index (χ0n) is 16.0.